The summed E-state index contributed by atoms with van der Waals surface area (Å²) < 4.78 is 1.95. The molecule has 1 heterocycles. The van der Waals surface area contributed by atoms with E-state index in [1.807, 2.05) is 10.7 Å². The lowest BCUT2D eigenvalue weighted by Gasteiger charge is -2.57. The van der Waals surface area contributed by atoms with Crippen molar-refractivity contribution in [2.75, 3.05) is 0 Å². The Morgan fingerprint density at radius 1 is 1.00 bits per heavy atom. The Morgan fingerprint density at radius 3 is 2.33 bits per heavy atom. The van der Waals surface area contributed by atoms with Gasteiger partial charge in [-0.15, -0.1) is 5.10 Å². The highest BCUT2D eigenvalue weighted by Crippen LogP contribution is 2.55. The van der Waals surface area contributed by atoms with Gasteiger partial charge in [0, 0.05) is 12.1 Å². The van der Waals surface area contributed by atoms with Gasteiger partial charge in [0.2, 0.25) is 0 Å². The molecule has 0 aliphatic heterocycles. The van der Waals surface area contributed by atoms with Crippen LogP contribution in [0.5, 0.6) is 0 Å². The van der Waals surface area contributed by atoms with E-state index in [1.54, 1.807) is 0 Å². The van der Waals surface area contributed by atoms with Crippen LogP contribution in [0.3, 0.4) is 0 Å². The van der Waals surface area contributed by atoms with E-state index in [4.69, 9.17) is 0 Å². The van der Waals surface area contributed by atoms with E-state index in [1.165, 1.54) is 44.1 Å². The van der Waals surface area contributed by atoms with Gasteiger partial charge in [0.05, 0.1) is 18.4 Å². The van der Waals surface area contributed by atoms with Gasteiger partial charge in [0.15, 0.2) is 0 Å². The van der Waals surface area contributed by atoms with Crippen molar-refractivity contribution < 1.29 is 0 Å². The van der Waals surface area contributed by atoms with E-state index >= 15 is 0 Å². The molecule has 4 nitrogen and oxygen atoms in total. The smallest absolute Gasteiger partial charge is 0.0965 e. The highest BCUT2D eigenvalue weighted by molar-refractivity contribution is 5.15. The second kappa shape index (κ2) is 5.69. The number of nitrogens with zero attached hydrogens (tertiary/aromatic N) is 3. The van der Waals surface area contributed by atoms with E-state index in [0.29, 0.717) is 5.54 Å². The van der Waals surface area contributed by atoms with Crippen molar-refractivity contribution in [2.24, 2.45) is 17.8 Å². The number of hydrogen-bond donors (Lipinski definition) is 1. The quantitative estimate of drug-likeness (QED) is 0.917. The van der Waals surface area contributed by atoms with Crippen LogP contribution in [-0.2, 0) is 13.1 Å². The molecule has 0 unspecified atom stereocenters. The van der Waals surface area contributed by atoms with Crippen molar-refractivity contribution in [3.63, 3.8) is 0 Å². The third kappa shape index (κ3) is 2.77. The van der Waals surface area contributed by atoms with Gasteiger partial charge in [0.1, 0.15) is 0 Å². The topological polar surface area (TPSA) is 42.7 Å². The van der Waals surface area contributed by atoms with Crippen LogP contribution in [0.1, 0.15) is 49.8 Å². The molecule has 4 saturated carbocycles. The van der Waals surface area contributed by atoms with Crippen molar-refractivity contribution in [3.8, 4) is 0 Å². The monoisotopic (exact) mass is 322 g/mol. The maximum Gasteiger partial charge on any atom is 0.0965 e. The molecule has 0 amide bonds. The standard InChI is InChI=1S/C20H26N4/c1-2-4-15(5-3-1)13-24-14-19(22-23-24)12-21-20-9-16-6-17(10-20)8-18(7-16)11-20/h1-5,14,16-18,21H,6-13H2. The molecule has 6 rings (SSSR count). The molecule has 24 heavy (non-hydrogen) atoms. The van der Waals surface area contributed by atoms with Crippen molar-refractivity contribution in [1.82, 2.24) is 20.3 Å². The molecular weight excluding hydrogens is 296 g/mol. The average Bonchev–Trinajstić information content (AvgIpc) is 3.00. The first kappa shape index (κ1) is 14.6. The summed E-state index contributed by atoms with van der Waals surface area (Å²) in [6.07, 6.45) is 10.7. The third-order valence-corrected chi connectivity index (χ3v) is 6.46. The highest BCUT2D eigenvalue weighted by atomic mass is 15.4. The summed E-state index contributed by atoms with van der Waals surface area (Å²) >= 11 is 0. The molecule has 4 aliphatic rings. The zero-order valence-corrected chi connectivity index (χ0v) is 14.2. The summed E-state index contributed by atoms with van der Waals surface area (Å²) in [5.74, 6) is 2.95. The summed E-state index contributed by atoms with van der Waals surface area (Å²) in [4.78, 5) is 0. The number of aromatic nitrogens is 3. The molecule has 0 spiro atoms. The minimum atomic E-state index is 0.401. The normalized spacial score (nSPS) is 33.9. The first-order chi connectivity index (χ1) is 11.8. The van der Waals surface area contributed by atoms with E-state index in [2.05, 4.69) is 46.1 Å². The van der Waals surface area contributed by atoms with Crippen LogP contribution in [-0.4, -0.2) is 20.5 Å². The zero-order chi connectivity index (χ0) is 16.0. The van der Waals surface area contributed by atoms with Crippen LogP contribution in [0.2, 0.25) is 0 Å². The van der Waals surface area contributed by atoms with Crippen LogP contribution < -0.4 is 5.32 Å². The lowest BCUT2D eigenvalue weighted by molar-refractivity contribution is -0.0207. The van der Waals surface area contributed by atoms with Crippen molar-refractivity contribution in [1.29, 1.82) is 0 Å². The van der Waals surface area contributed by atoms with Gasteiger partial charge in [-0.3, -0.25) is 0 Å². The van der Waals surface area contributed by atoms with Crippen LogP contribution in [0.25, 0.3) is 0 Å². The minimum absolute atomic E-state index is 0.401. The highest BCUT2D eigenvalue weighted by Gasteiger charge is 2.50. The Balaban J connectivity index is 1.23. The first-order valence-corrected chi connectivity index (χ1v) is 9.44. The van der Waals surface area contributed by atoms with Crippen molar-refractivity contribution >= 4 is 0 Å². The molecule has 1 aromatic heterocycles. The summed E-state index contributed by atoms with van der Waals surface area (Å²) in [5.41, 5.74) is 2.74. The van der Waals surface area contributed by atoms with Gasteiger partial charge in [-0.2, -0.15) is 0 Å². The van der Waals surface area contributed by atoms with Gasteiger partial charge in [0.25, 0.3) is 0 Å². The second-order valence-corrected chi connectivity index (χ2v) is 8.44. The molecule has 4 fully saturated rings. The molecule has 1 N–H and O–H groups in total. The van der Waals surface area contributed by atoms with E-state index < -0.39 is 0 Å². The van der Waals surface area contributed by atoms with Crippen LogP contribution in [0.15, 0.2) is 36.5 Å². The SMILES string of the molecule is c1ccc(Cn2cc(CNC34CC5CC(CC(C5)C3)C4)nn2)cc1. The number of benzene rings is 1. The fraction of sp³-hybridized carbons (Fsp3) is 0.600. The van der Waals surface area contributed by atoms with E-state index in [0.717, 1.165) is 36.5 Å². The summed E-state index contributed by atoms with van der Waals surface area (Å²) in [7, 11) is 0. The third-order valence-electron chi connectivity index (χ3n) is 6.46. The first-order valence-electron chi connectivity index (χ1n) is 9.44. The molecule has 4 heteroatoms. The summed E-state index contributed by atoms with van der Waals surface area (Å²) in [6.45, 7) is 1.66. The summed E-state index contributed by atoms with van der Waals surface area (Å²) in [6, 6.07) is 10.5. The molecule has 1 aromatic carbocycles. The Hall–Kier alpha value is -1.68. The van der Waals surface area contributed by atoms with Crippen LogP contribution in [0, 0.1) is 17.8 Å². The fourth-order valence-electron chi connectivity index (χ4n) is 5.87. The van der Waals surface area contributed by atoms with Crippen LogP contribution >= 0.6 is 0 Å². The lowest BCUT2D eigenvalue weighted by Crippen LogP contribution is -2.58. The van der Waals surface area contributed by atoms with Gasteiger partial charge in [-0.05, 0) is 61.8 Å². The molecule has 0 saturated heterocycles. The molecule has 126 valence electrons. The average molecular weight is 322 g/mol. The lowest BCUT2D eigenvalue weighted by atomic mass is 9.53. The Kier molecular flexibility index (Phi) is 3.47. The van der Waals surface area contributed by atoms with Gasteiger partial charge in [-0.1, -0.05) is 35.5 Å². The number of nitrogens with one attached hydrogen (secondary N) is 1. The molecule has 2 aromatic rings. The second-order valence-electron chi connectivity index (χ2n) is 8.44. The number of hydrogen-bond acceptors (Lipinski definition) is 3. The largest absolute Gasteiger partial charge is 0.305 e. The molecular formula is C20H26N4. The predicted molar refractivity (Wildman–Crippen MR) is 93.3 cm³/mol. The van der Waals surface area contributed by atoms with E-state index in [-0.39, 0.29) is 0 Å². The predicted octanol–water partition coefficient (Wildman–Crippen LogP) is 3.38. The molecule has 4 aliphatic carbocycles. The van der Waals surface area contributed by atoms with E-state index in [9.17, 15) is 0 Å². The van der Waals surface area contributed by atoms with Gasteiger partial charge in [-0.25, -0.2) is 4.68 Å². The zero-order valence-electron chi connectivity index (χ0n) is 14.2. The number of rotatable bonds is 5. The fourth-order valence-corrected chi connectivity index (χ4v) is 5.87. The van der Waals surface area contributed by atoms with Crippen molar-refractivity contribution in [3.05, 3.63) is 47.8 Å². The molecule has 0 atom stereocenters. The van der Waals surface area contributed by atoms with Crippen molar-refractivity contribution in [2.45, 2.75) is 57.2 Å². The van der Waals surface area contributed by atoms with Crippen LogP contribution in [0.4, 0.5) is 0 Å². The Labute approximate surface area is 143 Å². The minimum Gasteiger partial charge on any atom is -0.305 e. The molecule has 4 bridgehead atoms. The van der Waals surface area contributed by atoms with Gasteiger partial charge >= 0.3 is 0 Å². The Bertz CT molecular complexity index is 670. The Morgan fingerprint density at radius 2 is 1.67 bits per heavy atom. The maximum absolute atomic E-state index is 4.38. The molecule has 0 radical (unpaired) electrons. The maximum atomic E-state index is 4.38. The summed E-state index contributed by atoms with van der Waals surface area (Å²) in [5, 5.41) is 12.6. The van der Waals surface area contributed by atoms with Gasteiger partial charge < -0.3 is 5.32 Å².